The fourth-order valence-corrected chi connectivity index (χ4v) is 2.67. The normalized spacial score (nSPS) is 15.4. The monoisotopic (exact) mass is 293 g/mol. The maximum atomic E-state index is 13.3. The predicted molar refractivity (Wildman–Crippen MR) is 72.3 cm³/mol. The van der Waals surface area contributed by atoms with Gasteiger partial charge in [-0.2, -0.15) is 0 Å². The van der Waals surface area contributed by atoms with Crippen LogP contribution in [0.2, 0.25) is 5.02 Å². The van der Waals surface area contributed by atoms with Crippen molar-refractivity contribution in [3.63, 3.8) is 0 Å². The van der Waals surface area contributed by atoms with Gasteiger partial charge in [0.25, 0.3) is 0 Å². The summed E-state index contributed by atoms with van der Waals surface area (Å²) in [6.45, 7) is 1.64. The lowest BCUT2D eigenvalue weighted by atomic mass is 10.0. The summed E-state index contributed by atoms with van der Waals surface area (Å²) >= 11 is 5.60. The van der Waals surface area contributed by atoms with E-state index in [9.17, 15) is 12.8 Å². The molecule has 1 rings (SSSR count). The largest absolute Gasteiger partial charge is 0.315 e. The van der Waals surface area contributed by atoms with E-state index in [1.165, 1.54) is 18.4 Å². The highest BCUT2D eigenvalue weighted by molar-refractivity contribution is 7.91. The van der Waals surface area contributed by atoms with Gasteiger partial charge in [0.05, 0.1) is 10.3 Å². The van der Waals surface area contributed by atoms with Gasteiger partial charge >= 0.3 is 0 Å². The first kappa shape index (κ1) is 15.4. The zero-order chi connectivity index (χ0) is 13.9. The molecular formula is C12H17ClFNO2S. The molecule has 1 N–H and O–H groups in total. The third-order valence-corrected chi connectivity index (χ3v) is 5.04. The fraction of sp³-hybridized carbons (Fsp3) is 0.500. The lowest BCUT2D eigenvalue weighted by Crippen LogP contribution is -2.41. The topological polar surface area (TPSA) is 46.2 Å². The molecule has 0 aromatic heterocycles. The Kier molecular flexibility index (Phi) is 5.13. The third-order valence-electron chi connectivity index (χ3n) is 3.05. The number of hydrogen-bond acceptors (Lipinski definition) is 3. The minimum Gasteiger partial charge on any atom is -0.315 e. The van der Waals surface area contributed by atoms with Gasteiger partial charge in [-0.05, 0) is 38.1 Å². The van der Waals surface area contributed by atoms with Crippen LogP contribution in [-0.2, 0) is 16.3 Å². The van der Waals surface area contributed by atoms with Crippen molar-refractivity contribution in [3.8, 4) is 0 Å². The molecule has 0 amide bonds. The molecule has 0 saturated heterocycles. The van der Waals surface area contributed by atoms with Crippen LogP contribution in [-0.4, -0.2) is 33.0 Å². The summed E-state index contributed by atoms with van der Waals surface area (Å²) < 4.78 is 36.3. The van der Waals surface area contributed by atoms with E-state index in [0.717, 1.165) is 0 Å². The van der Waals surface area contributed by atoms with Crippen molar-refractivity contribution in [2.45, 2.75) is 24.6 Å². The Hall–Kier alpha value is -0.650. The van der Waals surface area contributed by atoms with Crippen LogP contribution in [0.3, 0.4) is 0 Å². The van der Waals surface area contributed by atoms with Crippen molar-refractivity contribution in [1.29, 1.82) is 0 Å². The van der Waals surface area contributed by atoms with E-state index in [1.807, 2.05) is 0 Å². The van der Waals surface area contributed by atoms with E-state index in [2.05, 4.69) is 5.32 Å². The first-order valence-corrected chi connectivity index (χ1v) is 7.89. The van der Waals surface area contributed by atoms with Crippen LogP contribution in [0.15, 0.2) is 18.2 Å². The first-order chi connectivity index (χ1) is 8.25. The highest BCUT2D eigenvalue weighted by atomic mass is 35.5. The number of halogens is 2. The van der Waals surface area contributed by atoms with Gasteiger partial charge in [-0.15, -0.1) is 0 Å². The van der Waals surface area contributed by atoms with E-state index >= 15 is 0 Å². The first-order valence-electron chi connectivity index (χ1n) is 5.55. The number of likely N-dealkylation sites (N-methyl/N-ethyl adjacent to an activating group) is 1. The third kappa shape index (κ3) is 3.93. The van der Waals surface area contributed by atoms with E-state index in [4.69, 9.17) is 11.6 Å². The lowest BCUT2D eigenvalue weighted by Gasteiger charge is -2.22. The Morgan fingerprint density at radius 3 is 2.50 bits per heavy atom. The predicted octanol–water partition coefficient (Wildman–Crippen LogP) is 2.04. The second kappa shape index (κ2) is 5.99. The standard InChI is InChI=1S/C12H17ClFNO2S/c1-8(18(3,16)17)12(15-2)7-9-4-5-10(13)11(14)6-9/h4-6,8,12,15H,7H2,1-3H3. The lowest BCUT2D eigenvalue weighted by molar-refractivity contribution is 0.515. The summed E-state index contributed by atoms with van der Waals surface area (Å²) in [6, 6.07) is 4.25. The van der Waals surface area contributed by atoms with Crippen LogP contribution in [0.1, 0.15) is 12.5 Å². The van der Waals surface area contributed by atoms with Crippen LogP contribution in [0, 0.1) is 5.82 Å². The Morgan fingerprint density at radius 1 is 1.44 bits per heavy atom. The Labute approximate surface area is 112 Å². The smallest absolute Gasteiger partial charge is 0.151 e. The Balaban J connectivity index is 2.89. The molecule has 3 nitrogen and oxygen atoms in total. The molecule has 18 heavy (non-hydrogen) atoms. The number of sulfone groups is 1. The molecule has 0 aliphatic carbocycles. The molecule has 0 heterocycles. The van der Waals surface area contributed by atoms with Gasteiger partial charge in [0.1, 0.15) is 5.82 Å². The van der Waals surface area contributed by atoms with Gasteiger partial charge in [0.2, 0.25) is 0 Å². The molecule has 2 unspecified atom stereocenters. The zero-order valence-corrected chi connectivity index (χ0v) is 12.1. The van der Waals surface area contributed by atoms with Gasteiger partial charge in [0, 0.05) is 12.3 Å². The quantitative estimate of drug-likeness (QED) is 0.904. The molecule has 1 aromatic carbocycles. The van der Waals surface area contributed by atoms with Gasteiger partial charge < -0.3 is 5.32 Å². The van der Waals surface area contributed by atoms with Gasteiger partial charge in [-0.3, -0.25) is 0 Å². The molecule has 0 radical (unpaired) electrons. The number of benzene rings is 1. The summed E-state index contributed by atoms with van der Waals surface area (Å²) in [6.07, 6.45) is 1.63. The van der Waals surface area contributed by atoms with Crippen molar-refractivity contribution in [2.24, 2.45) is 0 Å². The SMILES string of the molecule is CNC(Cc1ccc(Cl)c(F)c1)C(C)S(C)(=O)=O. The molecule has 0 aliphatic rings. The van der Waals surface area contributed by atoms with E-state index in [-0.39, 0.29) is 11.1 Å². The molecule has 0 fully saturated rings. The van der Waals surface area contributed by atoms with Crippen molar-refractivity contribution in [3.05, 3.63) is 34.6 Å². The second-order valence-electron chi connectivity index (χ2n) is 4.38. The van der Waals surface area contributed by atoms with Crippen LogP contribution >= 0.6 is 11.6 Å². The molecule has 0 saturated carbocycles. The summed E-state index contributed by atoms with van der Waals surface area (Å²) in [5.74, 6) is -0.490. The van der Waals surface area contributed by atoms with Gasteiger partial charge in [-0.25, -0.2) is 12.8 Å². The molecule has 1 aromatic rings. The summed E-state index contributed by atoms with van der Waals surface area (Å²) in [5, 5.41) is 2.48. The summed E-state index contributed by atoms with van der Waals surface area (Å²) in [4.78, 5) is 0. The molecule has 0 aliphatic heterocycles. The second-order valence-corrected chi connectivity index (χ2v) is 7.19. The highest BCUT2D eigenvalue weighted by Gasteiger charge is 2.24. The van der Waals surface area contributed by atoms with Crippen LogP contribution in [0.4, 0.5) is 4.39 Å². The maximum Gasteiger partial charge on any atom is 0.151 e. The molecule has 2 atom stereocenters. The summed E-state index contributed by atoms with van der Waals surface area (Å²) in [5.41, 5.74) is 0.715. The van der Waals surface area contributed by atoms with Gasteiger partial charge in [-0.1, -0.05) is 17.7 Å². The Bertz CT molecular complexity index is 519. The minimum absolute atomic E-state index is 0.0657. The molecule has 102 valence electrons. The van der Waals surface area contributed by atoms with Crippen LogP contribution in [0.5, 0.6) is 0 Å². The van der Waals surface area contributed by atoms with Gasteiger partial charge in [0.15, 0.2) is 9.84 Å². The molecule has 0 spiro atoms. The molecule has 0 bridgehead atoms. The zero-order valence-electron chi connectivity index (χ0n) is 10.6. The minimum atomic E-state index is -3.13. The van der Waals surface area contributed by atoms with Crippen molar-refractivity contribution in [2.75, 3.05) is 13.3 Å². The number of nitrogens with one attached hydrogen (secondary N) is 1. The van der Waals surface area contributed by atoms with E-state index in [0.29, 0.717) is 12.0 Å². The van der Waals surface area contributed by atoms with Crippen molar-refractivity contribution < 1.29 is 12.8 Å². The van der Waals surface area contributed by atoms with E-state index in [1.54, 1.807) is 20.0 Å². The fourth-order valence-electron chi connectivity index (χ4n) is 1.72. The average Bonchev–Trinajstić information content (AvgIpc) is 2.28. The molecular weight excluding hydrogens is 277 g/mol. The van der Waals surface area contributed by atoms with Crippen molar-refractivity contribution >= 4 is 21.4 Å². The van der Waals surface area contributed by atoms with E-state index < -0.39 is 20.9 Å². The summed E-state index contributed by atoms with van der Waals surface area (Å²) in [7, 11) is -1.44. The number of rotatable bonds is 5. The average molecular weight is 294 g/mol. The molecule has 6 heteroatoms. The van der Waals surface area contributed by atoms with Crippen LogP contribution < -0.4 is 5.32 Å². The maximum absolute atomic E-state index is 13.3. The Morgan fingerprint density at radius 2 is 2.06 bits per heavy atom. The van der Waals surface area contributed by atoms with Crippen LogP contribution in [0.25, 0.3) is 0 Å². The number of hydrogen-bond donors (Lipinski definition) is 1. The van der Waals surface area contributed by atoms with Crippen molar-refractivity contribution in [1.82, 2.24) is 5.32 Å². The highest BCUT2D eigenvalue weighted by Crippen LogP contribution is 2.18.